The van der Waals surface area contributed by atoms with Gasteiger partial charge in [-0.15, -0.1) is 0 Å². The standard InChI is InChI=1S/C14H16N2O2/c1-10-7-12(4-5-13(10)17)15-8-11-3-6-14(18-2)16-9-11/h3-7,9,15,17H,8H2,1-2H3. The van der Waals surface area contributed by atoms with Gasteiger partial charge in [0, 0.05) is 24.5 Å². The molecule has 0 fully saturated rings. The molecule has 0 aliphatic heterocycles. The molecule has 0 saturated heterocycles. The molecule has 2 aromatic rings. The molecule has 1 heterocycles. The summed E-state index contributed by atoms with van der Waals surface area (Å²) in [6, 6.07) is 9.24. The summed E-state index contributed by atoms with van der Waals surface area (Å²) in [6.45, 7) is 2.55. The Morgan fingerprint density at radius 1 is 1.28 bits per heavy atom. The molecule has 2 N–H and O–H groups in total. The maximum Gasteiger partial charge on any atom is 0.212 e. The van der Waals surface area contributed by atoms with E-state index in [1.165, 1.54) is 0 Å². The number of methoxy groups -OCH3 is 1. The molecular formula is C14H16N2O2. The van der Waals surface area contributed by atoms with Crippen LogP contribution in [0.1, 0.15) is 11.1 Å². The lowest BCUT2D eigenvalue weighted by atomic mass is 10.2. The highest BCUT2D eigenvalue weighted by atomic mass is 16.5. The number of hydrogen-bond donors (Lipinski definition) is 2. The fraction of sp³-hybridized carbons (Fsp3) is 0.214. The Bertz CT molecular complexity index is 524. The maximum absolute atomic E-state index is 9.43. The van der Waals surface area contributed by atoms with E-state index in [2.05, 4.69) is 10.3 Å². The lowest BCUT2D eigenvalue weighted by Crippen LogP contribution is -2.00. The molecule has 0 aliphatic rings. The Hall–Kier alpha value is -2.23. The van der Waals surface area contributed by atoms with Crippen molar-refractivity contribution in [3.63, 3.8) is 0 Å². The molecule has 4 heteroatoms. The first-order valence-electron chi connectivity index (χ1n) is 5.71. The normalized spacial score (nSPS) is 10.1. The van der Waals surface area contributed by atoms with E-state index in [1.807, 2.05) is 31.2 Å². The van der Waals surface area contributed by atoms with Gasteiger partial charge in [-0.25, -0.2) is 4.98 Å². The molecule has 94 valence electrons. The van der Waals surface area contributed by atoms with Gasteiger partial charge in [0.1, 0.15) is 5.75 Å². The third-order valence-corrected chi connectivity index (χ3v) is 2.70. The van der Waals surface area contributed by atoms with Crippen LogP contribution in [0.2, 0.25) is 0 Å². The number of rotatable bonds is 4. The molecule has 0 radical (unpaired) electrons. The molecule has 0 saturated carbocycles. The van der Waals surface area contributed by atoms with Crippen LogP contribution in [0.25, 0.3) is 0 Å². The number of ether oxygens (including phenoxy) is 1. The topological polar surface area (TPSA) is 54.4 Å². The number of benzene rings is 1. The number of pyridine rings is 1. The van der Waals surface area contributed by atoms with Crippen LogP contribution in [0, 0.1) is 6.92 Å². The number of aromatic nitrogens is 1. The minimum absolute atomic E-state index is 0.312. The van der Waals surface area contributed by atoms with Crippen molar-refractivity contribution in [1.29, 1.82) is 0 Å². The lowest BCUT2D eigenvalue weighted by Gasteiger charge is -2.08. The zero-order valence-electron chi connectivity index (χ0n) is 10.5. The van der Waals surface area contributed by atoms with Gasteiger partial charge in [0.25, 0.3) is 0 Å². The number of anilines is 1. The smallest absolute Gasteiger partial charge is 0.212 e. The Morgan fingerprint density at radius 3 is 2.72 bits per heavy atom. The molecule has 0 atom stereocenters. The van der Waals surface area contributed by atoms with Crippen LogP contribution in [0.15, 0.2) is 36.5 Å². The predicted molar refractivity (Wildman–Crippen MR) is 71.0 cm³/mol. The van der Waals surface area contributed by atoms with E-state index in [0.29, 0.717) is 18.2 Å². The molecule has 0 spiro atoms. The van der Waals surface area contributed by atoms with Gasteiger partial charge in [0.15, 0.2) is 0 Å². The van der Waals surface area contributed by atoms with Gasteiger partial charge < -0.3 is 15.2 Å². The van der Waals surface area contributed by atoms with Crippen LogP contribution >= 0.6 is 0 Å². The molecule has 0 unspecified atom stereocenters. The summed E-state index contributed by atoms with van der Waals surface area (Å²) in [7, 11) is 1.60. The van der Waals surface area contributed by atoms with E-state index in [-0.39, 0.29) is 0 Å². The molecule has 1 aromatic heterocycles. The second kappa shape index (κ2) is 5.40. The fourth-order valence-corrected chi connectivity index (χ4v) is 1.61. The van der Waals surface area contributed by atoms with Gasteiger partial charge in [-0.05, 0) is 36.2 Å². The summed E-state index contributed by atoms with van der Waals surface area (Å²) < 4.78 is 5.00. The van der Waals surface area contributed by atoms with Gasteiger partial charge in [-0.3, -0.25) is 0 Å². The van der Waals surface area contributed by atoms with E-state index in [9.17, 15) is 5.11 Å². The van der Waals surface area contributed by atoms with E-state index >= 15 is 0 Å². The molecular weight excluding hydrogens is 228 g/mol. The van der Waals surface area contributed by atoms with Crippen LogP contribution < -0.4 is 10.1 Å². The van der Waals surface area contributed by atoms with E-state index < -0.39 is 0 Å². The van der Waals surface area contributed by atoms with Gasteiger partial charge in [-0.2, -0.15) is 0 Å². The molecule has 1 aromatic carbocycles. The van der Waals surface area contributed by atoms with Crippen molar-refractivity contribution in [2.75, 3.05) is 12.4 Å². The van der Waals surface area contributed by atoms with Crippen molar-refractivity contribution in [1.82, 2.24) is 4.98 Å². The van der Waals surface area contributed by atoms with Crippen molar-refractivity contribution in [3.8, 4) is 11.6 Å². The van der Waals surface area contributed by atoms with E-state index in [0.717, 1.165) is 16.8 Å². The first kappa shape index (κ1) is 12.2. The van der Waals surface area contributed by atoms with E-state index in [1.54, 1.807) is 19.4 Å². The maximum atomic E-state index is 9.43. The zero-order chi connectivity index (χ0) is 13.0. The number of hydrogen-bond acceptors (Lipinski definition) is 4. The molecule has 0 amide bonds. The Labute approximate surface area is 106 Å². The average Bonchev–Trinajstić information content (AvgIpc) is 2.41. The quantitative estimate of drug-likeness (QED) is 0.812. The number of nitrogens with zero attached hydrogens (tertiary/aromatic N) is 1. The zero-order valence-corrected chi connectivity index (χ0v) is 10.5. The monoisotopic (exact) mass is 244 g/mol. The Morgan fingerprint density at radius 2 is 2.11 bits per heavy atom. The summed E-state index contributed by atoms with van der Waals surface area (Å²) in [4.78, 5) is 4.14. The van der Waals surface area contributed by atoms with Crippen molar-refractivity contribution in [2.45, 2.75) is 13.5 Å². The third-order valence-electron chi connectivity index (χ3n) is 2.70. The second-order valence-electron chi connectivity index (χ2n) is 4.06. The third kappa shape index (κ3) is 2.91. The molecule has 18 heavy (non-hydrogen) atoms. The van der Waals surface area contributed by atoms with Crippen LogP contribution in [0.3, 0.4) is 0 Å². The highest BCUT2D eigenvalue weighted by Gasteiger charge is 1.99. The fourth-order valence-electron chi connectivity index (χ4n) is 1.61. The largest absolute Gasteiger partial charge is 0.508 e. The first-order chi connectivity index (χ1) is 8.69. The van der Waals surface area contributed by atoms with Crippen LogP contribution in [-0.4, -0.2) is 17.2 Å². The highest BCUT2D eigenvalue weighted by molar-refractivity contribution is 5.50. The van der Waals surface area contributed by atoms with Crippen molar-refractivity contribution in [2.24, 2.45) is 0 Å². The summed E-state index contributed by atoms with van der Waals surface area (Å²) in [5, 5.41) is 12.7. The molecule has 0 bridgehead atoms. The van der Waals surface area contributed by atoms with Crippen LogP contribution in [0.4, 0.5) is 5.69 Å². The summed E-state index contributed by atoms with van der Waals surface area (Å²) in [5.41, 5.74) is 2.90. The van der Waals surface area contributed by atoms with E-state index in [4.69, 9.17) is 4.74 Å². The van der Waals surface area contributed by atoms with Gasteiger partial charge in [0.2, 0.25) is 5.88 Å². The average molecular weight is 244 g/mol. The summed E-state index contributed by atoms with van der Waals surface area (Å²) in [6.07, 6.45) is 1.78. The van der Waals surface area contributed by atoms with Crippen LogP contribution in [-0.2, 0) is 6.54 Å². The van der Waals surface area contributed by atoms with Crippen molar-refractivity contribution >= 4 is 5.69 Å². The van der Waals surface area contributed by atoms with Gasteiger partial charge in [0.05, 0.1) is 7.11 Å². The van der Waals surface area contributed by atoms with Crippen molar-refractivity contribution in [3.05, 3.63) is 47.7 Å². The number of phenolic OH excluding ortho intramolecular Hbond substituents is 1. The number of phenols is 1. The Balaban J connectivity index is 1.99. The minimum atomic E-state index is 0.312. The summed E-state index contributed by atoms with van der Waals surface area (Å²) >= 11 is 0. The molecule has 2 rings (SSSR count). The van der Waals surface area contributed by atoms with Crippen LogP contribution in [0.5, 0.6) is 11.6 Å². The van der Waals surface area contributed by atoms with Gasteiger partial charge in [-0.1, -0.05) is 6.07 Å². The molecule has 0 aliphatic carbocycles. The lowest BCUT2D eigenvalue weighted by molar-refractivity contribution is 0.397. The second-order valence-corrected chi connectivity index (χ2v) is 4.06. The summed E-state index contributed by atoms with van der Waals surface area (Å²) in [5.74, 6) is 0.922. The molecule has 4 nitrogen and oxygen atoms in total. The Kier molecular flexibility index (Phi) is 3.67. The SMILES string of the molecule is COc1ccc(CNc2ccc(O)c(C)c2)cn1. The highest BCUT2D eigenvalue weighted by Crippen LogP contribution is 2.20. The van der Waals surface area contributed by atoms with Crippen molar-refractivity contribution < 1.29 is 9.84 Å². The number of aromatic hydroxyl groups is 1. The number of aryl methyl sites for hydroxylation is 1. The first-order valence-corrected chi connectivity index (χ1v) is 5.71. The van der Waals surface area contributed by atoms with Gasteiger partial charge >= 0.3 is 0 Å². The minimum Gasteiger partial charge on any atom is -0.508 e. The predicted octanol–water partition coefficient (Wildman–Crippen LogP) is 2.72. The number of nitrogens with one attached hydrogen (secondary N) is 1.